The maximum atomic E-state index is 9.55. The Balaban J connectivity index is -0.000000285. The van der Waals surface area contributed by atoms with E-state index >= 15 is 0 Å². The van der Waals surface area contributed by atoms with Crippen LogP contribution < -0.4 is 0 Å². The van der Waals surface area contributed by atoms with E-state index in [0.29, 0.717) is 0 Å². The van der Waals surface area contributed by atoms with E-state index in [1.807, 2.05) is 31.0 Å². The summed E-state index contributed by atoms with van der Waals surface area (Å²) in [5.74, 6) is 2.14. The molecule has 1 heterocycles. The summed E-state index contributed by atoms with van der Waals surface area (Å²) in [5.41, 5.74) is 0. The summed E-state index contributed by atoms with van der Waals surface area (Å²) in [5, 5.41) is 10.8. The first-order valence-corrected chi connectivity index (χ1v) is 5.37. The smallest absolute Gasteiger partial charge is 0 e. The van der Waals surface area contributed by atoms with Gasteiger partial charge in [-0.2, -0.15) is 11.8 Å². The molecular formula is C12H10CrO4S. The molecule has 1 saturated heterocycles. The van der Waals surface area contributed by atoms with Crippen molar-refractivity contribution < 1.29 is 36.4 Å². The predicted molar refractivity (Wildman–Crippen MR) is 58.6 cm³/mol. The van der Waals surface area contributed by atoms with Crippen molar-refractivity contribution in [3.05, 3.63) is 56.8 Å². The normalized spacial score (nSPS) is 21.8. The Morgan fingerprint density at radius 1 is 1.06 bits per heavy atom. The summed E-state index contributed by atoms with van der Waals surface area (Å²) in [6.45, 7) is 13.5. The fourth-order valence-electron chi connectivity index (χ4n) is 1.32. The fourth-order valence-corrected chi connectivity index (χ4v) is 2.43. The molecule has 1 aliphatic carbocycles. The van der Waals surface area contributed by atoms with Gasteiger partial charge in [-0.3, -0.25) is 0 Å². The van der Waals surface area contributed by atoms with Crippen molar-refractivity contribution in [3.63, 3.8) is 0 Å². The average Bonchev–Trinajstić information content (AvgIpc) is 2.46. The fraction of sp³-hybridized carbons (Fsp3) is 0.250. The molecule has 94 valence electrons. The molecule has 6 heteroatoms. The Morgan fingerprint density at radius 3 is 2.06 bits per heavy atom. The molecule has 2 aliphatic rings. The Hall–Kier alpha value is 0.0625. The van der Waals surface area contributed by atoms with Crippen LogP contribution in [0, 0.1) is 56.8 Å². The Kier molecular flexibility index (Phi) is 22.0. The van der Waals surface area contributed by atoms with Crippen LogP contribution >= 0.6 is 11.8 Å². The first-order chi connectivity index (χ1) is 8.38. The van der Waals surface area contributed by atoms with Crippen molar-refractivity contribution >= 4 is 11.8 Å². The van der Waals surface area contributed by atoms with E-state index in [9.17, 15) is 5.11 Å². The topological polar surface area (TPSA) is 79.9 Å². The van der Waals surface area contributed by atoms with Crippen molar-refractivity contribution in [3.8, 4) is 0 Å². The maximum Gasteiger partial charge on any atom is 0 e. The molecule has 2 rings (SSSR count). The minimum absolute atomic E-state index is 0. The molecule has 4 nitrogen and oxygen atoms in total. The minimum Gasteiger partial charge on any atom is 0 e. The average molecular weight is 302 g/mol. The van der Waals surface area contributed by atoms with E-state index in [1.165, 1.54) is 5.25 Å². The number of hydrogen-bond donors (Lipinski definition) is 1. The van der Waals surface area contributed by atoms with Gasteiger partial charge in [0.2, 0.25) is 0 Å². The second-order valence-corrected chi connectivity index (χ2v) is 3.83. The second kappa shape index (κ2) is 17.1. The van der Waals surface area contributed by atoms with Crippen molar-refractivity contribution in [1.82, 2.24) is 0 Å². The molecule has 0 aromatic heterocycles. The van der Waals surface area contributed by atoms with Gasteiger partial charge in [0.25, 0.3) is 0 Å². The molecule has 0 aromatic carbocycles. The van der Waals surface area contributed by atoms with Gasteiger partial charge in [0.1, 0.15) is 0 Å². The van der Waals surface area contributed by atoms with Gasteiger partial charge in [-0.05, 0) is 37.9 Å². The number of aliphatic hydroxyl groups excluding tert-OH is 1. The number of hydrogen-bond acceptors (Lipinski definition) is 2. The molecule has 1 N–H and O–H groups in total. The van der Waals surface area contributed by atoms with Crippen LogP contribution in [-0.4, -0.2) is 17.0 Å². The summed E-state index contributed by atoms with van der Waals surface area (Å²) in [7, 11) is 0. The number of rotatable bonds is 0. The quantitative estimate of drug-likeness (QED) is 0.541. The van der Waals surface area contributed by atoms with Gasteiger partial charge < -0.3 is 5.11 Å². The zero-order chi connectivity index (χ0) is 13.7. The summed E-state index contributed by atoms with van der Waals surface area (Å²) < 4.78 is 22.5. The molecule has 1 aliphatic heterocycles. The van der Waals surface area contributed by atoms with E-state index in [1.54, 1.807) is 0 Å². The standard InChI is InChI=1S/C9H10OS.3CO.Cr/c10-8-5-6-11-9-4-2-1-3-7(8)9;3*1-2;/h1-4,8,10H,5-6H2;;;;/t8-;;;;/m1..../s1. The van der Waals surface area contributed by atoms with Gasteiger partial charge in [-0.25, -0.2) is 0 Å². The number of thioether (sulfide) groups is 1. The van der Waals surface area contributed by atoms with Crippen LogP contribution in [0.4, 0.5) is 0 Å². The van der Waals surface area contributed by atoms with Gasteiger partial charge in [0.05, 0.1) is 6.10 Å². The molecule has 0 unspecified atom stereocenters. The third kappa shape index (κ3) is 8.21. The largest absolute Gasteiger partial charge is 0 e. The monoisotopic (exact) mass is 302 g/mol. The van der Waals surface area contributed by atoms with Crippen LogP contribution in [0.1, 0.15) is 6.42 Å². The minimum atomic E-state index is -0.229. The molecule has 2 fully saturated rings. The van der Waals surface area contributed by atoms with E-state index in [-0.39, 0.29) is 23.5 Å². The summed E-state index contributed by atoms with van der Waals surface area (Å²) >= 11 is 1.83. The van der Waals surface area contributed by atoms with E-state index in [4.69, 9.17) is 14.0 Å². The number of aliphatic hydroxyl groups is 1. The zero-order valence-corrected chi connectivity index (χ0v) is 11.4. The van der Waals surface area contributed by atoms with Crippen LogP contribution in [-0.2, 0) is 31.3 Å². The first kappa shape index (κ1) is 23.2. The van der Waals surface area contributed by atoms with Gasteiger partial charge >= 0.3 is 33.9 Å². The van der Waals surface area contributed by atoms with Crippen molar-refractivity contribution in [2.45, 2.75) is 12.5 Å². The van der Waals surface area contributed by atoms with Crippen molar-refractivity contribution in [1.29, 1.82) is 0 Å². The molecule has 18 heavy (non-hydrogen) atoms. The second-order valence-electron chi connectivity index (χ2n) is 2.69. The number of fused-ring (bicyclic) bond motifs is 1. The molecule has 0 amide bonds. The summed E-state index contributed by atoms with van der Waals surface area (Å²) in [6.07, 6.45) is 8.74. The molecule has 0 bridgehead atoms. The molecule has 0 spiro atoms. The van der Waals surface area contributed by atoms with Gasteiger partial charge in [0, 0.05) is 28.5 Å². The maximum absolute atomic E-state index is 9.55. The van der Waals surface area contributed by atoms with Gasteiger partial charge in [0.15, 0.2) is 0 Å². The van der Waals surface area contributed by atoms with Crippen molar-refractivity contribution in [2.24, 2.45) is 0 Å². The van der Waals surface area contributed by atoms with Crippen LogP contribution in [0.2, 0.25) is 0 Å². The van der Waals surface area contributed by atoms with Crippen LogP contribution in [0.25, 0.3) is 0 Å². The summed E-state index contributed by atoms with van der Waals surface area (Å²) in [4.78, 5) is 0. The van der Waals surface area contributed by atoms with E-state index < -0.39 is 0 Å². The SMILES string of the molecule is O[C@@H]1CCS[C]2[CH][CH][CH][CH][C]21.[C-]#[O+].[C-]#[O+].[C-]#[O+].[Cr]. The van der Waals surface area contributed by atoms with Crippen LogP contribution in [0.3, 0.4) is 0 Å². The Labute approximate surface area is 123 Å². The molecule has 6 radical (unpaired) electrons. The predicted octanol–water partition coefficient (Wildman–Crippen LogP) is 1.31. The first-order valence-electron chi connectivity index (χ1n) is 4.39. The molecule has 1 atom stereocenters. The van der Waals surface area contributed by atoms with Crippen LogP contribution in [0.15, 0.2) is 0 Å². The van der Waals surface area contributed by atoms with E-state index in [2.05, 4.69) is 26.4 Å². The molecule has 0 aromatic rings. The van der Waals surface area contributed by atoms with Gasteiger partial charge in [-0.1, -0.05) is 0 Å². The third-order valence-electron chi connectivity index (χ3n) is 1.93. The van der Waals surface area contributed by atoms with E-state index in [0.717, 1.165) is 18.1 Å². The molecule has 1 saturated carbocycles. The summed E-state index contributed by atoms with van der Waals surface area (Å²) in [6, 6.07) is 0. The van der Waals surface area contributed by atoms with Crippen LogP contribution in [0.5, 0.6) is 0 Å². The molecular weight excluding hydrogens is 292 g/mol. The van der Waals surface area contributed by atoms with Crippen molar-refractivity contribution in [2.75, 3.05) is 5.75 Å². The zero-order valence-electron chi connectivity index (χ0n) is 9.29. The Bertz CT molecular complexity index is 226. The van der Waals surface area contributed by atoms with Gasteiger partial charge in [-0.15, -0.1) is 0 Å². The third-order valence-corrected chi connectivity index (χ3v) is 3.05. The Morgan fingerprint density at radius 2 is 1.56 bits per heavy atom.